The Kier molecular flexibility index (Phi) is 2.36. The van der Waals surface area contributed by atoms with E-state index in [0.29, 0.717) is 0 Å². The monoisotopic (exact) mass is 188 g/mol. The van der Waals surface area contributed by atoms with Gasteiger partial charge in [0.1, 0.15) is 0 Å². The molecule has 72 valence electrons. The summed E-state index contributed by atoms with van der Waals surface area (Å²) in [6.45, 7) is 0.111. The molecule has 0 saturated heterocycles. The lowest BCUT2D eigenvalue weighted by atomic mass is 10.3. The van der Waals surface area contributed by atoms with Crippen LogP contribution in [0.3, 0.4) is 0 Å². The van der Waals surface area contributed by atoms with Crippen molar-refractivity contribution in [3.63, 3.8) is 0 Å². The first kappa shape index (κ1) is 9.70. The Bertz CT molecular complexity index is 354. The molecule has 0 aliphatic heterocycles. The molecule has 0 bridgehead atoms. The van der Waals surface area contributed by atoms with Gasteiger partial charge in [-0.15, -0.1) is 0 Å². The van der Waals surface area contributed by atoms with Gasteiger partial charge < -0.3 is 10.3 Å². The van der Waals surface area contributed by atoms with Gasteiger partial charge in [0, 0.05) is 13.1 Å². The van der Waals surface area contributed by atoms with Gasteiger partial charge in [0.2, 0.25) is 0 Å². The second kappa shape index (κ2) is 3.16. The van der Waals surface area contributed by atoms with E-state index in [1.807, 2.05) is 0 Å². The van der Waals surface area contributed by atoms with Crippen molar-refractivity contribution in [2.75, 3.05) is 5.73 Å². The SMILES string of the molecule is CC(F)(F)Cn1cccc(N)c1=O. The van der Waals surface area contributed by atoms with Gasteiger partial charge in [-0.2, -0.15) is 0 Å². The predicted molar refractivity (Wildman–Crippen MR) is 45.7 cm³/mol. The first-order valence-corrected chi connectivity index (χ1v) is 3.73. The molecule has 5 heteroatoms. The van der Waals surface area contributed by atoms with E-state index in [4.69, 9.17) is 5.73 Å². The van der Waals surface area contributed by atoms with Crippen LogP contribution in [0.15, 0.2) is 23.1 Å². The number of nitrogens with zero attached hydrogens (tertiary/aromatic N) is 1. The molecule has 0 atom stereocenters. The van der Waals surface area contributed by atoms with Crippen molar-refractivity contribution in [2.24, 2.45) is 0 Å². The molecule has 0 radical (unpaired) electrons. The Labute approximate surface area is 73.8 Å². The molecule has 0 aromatic carbocycles. The number of nitrogen functional groups attached to an aromatic ring is 1. The zero-order chi connectivity index (χ0) is 10.1. The summed E-state index contributed by atoms with van der Waals surface area (Å²) in [5.41, 5.74) is 4.66. The lowest BCUT2D eigenvalue weighted by molar-refractivity contribution is 0.00304. The molecule has 13 heavy (non-hydrogen) atoms. The fourth-order valence-electron chi connectivity index (χ4n) is 0.979. The van der Waals surface area contributed by atoms with Crippen LogP contribution in [0.4, 0.5) is 14.5 Å². The predicted octanol–water partition coefficient (Wildman–Crippen LogP) is 1.09. The smallest absolute Gasteiger partial charge is 0.273 e. The zero-order valence-electron chi connectivity index (χ0n) is 7.13. The molecule has 0 fully saturated rings. The van der Waals surface area contributed by atoms with E-state index in [1.54, 1.807) is 0 Å². The van der Waals surface area contributed by atoms with Crippen molar-refractivity contribution >= 4 is 5.69 Å². The third-order valence-electron chi connectivity index (χ3n) is 1.50. The van der Waals surface area contributed by atoms with Crippen LogP contribution in [0, 0.1) is 0 Å². The second-order valence-corrected chi connectivity index (χ2v) is 2.97. The van der Waals surface area contributed by atoms with Crippen LogP contribution < -0.4 is 11.3 Å². The summed E-state index contributed by atoms with van der Waals surface area (Å²) >= 11 is 0. The van der Waals surface area contributed by atoms with Crippen molar-refractivity contribution in [3.05, 3.63) is 28.7 Å². The summed E-state index contributed by atoms with van der Waals surface area (Å²) in [5.74, 6) is -2.91. The first-order chi connectivity index (χ1) is 5.90. The number of alkyl halides is 2. The number of hydrogen-bond acceptors (Lipinski definition) is 2. The van der Waals surface area contributed by atoms with Crippen molar-refractivity contribution in [1.29, 1.82) is 0 Å². The maximum Gasteiger partial charge on any atom is 0.273 e. The lowest BCUT2D eigenvalue weighted by Gasteiger charge is -2.12. The van der Waals surface area contributed by atoms with Crippen LogP contribution in [-0.2, 0) is 6.54 Å². The molecular formula is C8H10F2N2O. The van der Waals surface area contributed by atoms with E-state index in [9.17, 15) is 13.6 Å². The molecule has 0 unspecified atom stereocenters. The third kappa shape index (κ3) is 2.54. The average molecular weight is 188 g/mol. The molecular weight excluding hydrogens is 178 g/mol. The van der Waals surface area contributed by atoms with Crippen LogP contribution >= 0.6 is 0 Å². The number of halogens is 2. The third-order valence-corrected chi connectivity index (χ3v) is 1.50. The van der Waals surface area contributed by atoms with Gasteiger partial charge in [-0.25, -0.2) is 8.78 Å². The van der Waals surface area contributed by atoms with Crippen LogP contribution in [0.1, 0.15) is 6.92 Å². The molecule has 1 aromatic heterocycles. The van der Waals surface area contributed by atoms with Gasteiger partial charge in [0.25, 0.3) is 11.5 Å². The number of nitrogens with two attached hydrogens (primary N) is 1. The highest BCUT2D eigenvalue weighted by Gasteiger charge is 2.22. The Morgan fingerprint density at radius 2 is 2.23 bits per heavy atom. The van der Waals surface area contributed by atoms with Crippen LogP contribution in [0.5, 0.6) is 0 Å². The summed E-state index contributed by atoms with van der Waals surface area (Å²) < 4.78 is 25.9. The van der Waals surface area contributed by atoms with Crippen molar-refractivity contribution < 1.29 is 8.78 Å². The lowest BCUT2D eigenvalue weighted by Crippen LogP contribution is -2.29. The highest BCUT2D eigenvalue weighted by molar-refractivity contribution is 5.33. The second-order valence-electron chi connectivity index (χ2n) is 2.97. The topological polar surface area (TPSA) is 48.0 Å². The fraction of sp³-hybridized carbons (Fsp3) is 0.375. The van der Waals surface area contributed by atoms with E-state index < -0.39 is 18.0 Å². The summed E-state index contributed by atoms with van der Waals surface area (Å²) in [5, 5.41) is 0. The fourth-order valence-corrected chi connectivity index (χ4v) is 0.979. The Hall–Kier alpha value is -1.39. The summed E-state index contributed by atoms with van der Waals surface area (Å²) in [6, 6.07) is 2.84. The van der Waals surface area contributed by atoms with E-state index in [1.165, 1.54) is 18.3 Å². The molecule has 1 aromatic rings. The van der Waals surface area contributed by atoms with Crippen molar-refractivity contribution in [1.82, 2.24) is 4.57 Å². The molecule has 0 saturated carbocycles. The van der Waals surface area contributed by atoms with Crippen molar-refractivity contribution in [2.45, 2.75) is 19.4 Å². The van der Waals surface area contributed by atoms with Gasteiger partial charge in [0.05, 0.1) is 12.2 Å². The number of anilines is 1. The van der Waals surface area contributed by atoms with E-state index >= 15 is 0 Å². The average Bonchev–Trinajstić information content (AvgIpc) is 1.96. The molecule has 0 amide bonds. The largest absolute Gasteiger partial charge is 0.394 e. The standard InChI is InChI=1S/C8H10F2N2O/c1-8(9,10)5-12-4-2-3-6(11)7(12)13/h2-4H,5,11H2,1H3. The quantitative estimate of drug-likeness (QED) is 0.755. The number of rotatable bonds is 2. The zero-order valence-corrected chi connectivity index (χ0v) is 7.13. The van der Waals surface area contributed by atoms with Crippen molar-refractivity contribution in [3.8, 4) is 0 Å². The minimum Gasteiger partial charge on any atom is -0.394 e. The van der Waals surface area contributed by atoms with Crippen LogP contribution in [-0.4, -0.2) is 10.5 Å². The van der Waals surface area contributed by atoms with Gasteiger partial charge in [-0.05, 0) is 12.1 Å². The molecule has 0 aliphatic rings. The summed E-state index contributed by atoms with van der Waals surface area (Å²) in [7, 11) is 0. The van der Waals surface area contributed by atoms with Crippen LogP contribution in [0.2, 0.25) is 0 Å². The van der Waals surface area contributed by atoms with E-state index in [2.05, 4.69) is 0 Å². The minimum absolute atomic E-state index is 0.0215. The number of aromatic nitrogens is 1. The summed E-state index contributed by atoms with van der Waals surface area (Å²) in [4.78, 5) is 11.2. The molecule has 3 nitrogen and oxygen atoms in total. The highest BCUT2D eigenvalue weighted by atomic mass is 19.3. The summed E-state index contributed by atoms with van der Waals surface area (Å²) in [6.07, 6.45) is 1.29. The van der Waals surface area contributed by atoms with Crippen LogP contribution in [0.25, 0.3) is 0 Å². The van der Waals surface area contributed by atoms with Gasteiger partial charge in [0.15, 0.2) is 0 Å². The maximum absolute atomic E-state index is 12.5. The number of hydrogen-bond donors (Lipinski definition) is 1. The van der Waals surface area contributed by atoms with Gasteiger partial charge >= 0.3 is 0 Å². The normalized spacial score (nSPS) is 11.6. The van der Waals surface area contributed by atoms with Gasteiger partial charge in [-0.3, -0.25) is 4.79 Å². The maximum atomic E-state index is 12.5. The van der Waals surface area contributed by atoms with E-state index in [-0.39, 0.29) is 5.69 Å². The number of pyridine rings is 1. The van der Waals surface area contributed by atoms with E-state index in [0.717, 1.165) is 11.5 Å². The molecule has 0 spiro atoms. The Morgan fingerprint density at radius 3 is 2.77 bits per heavy atom. The molecule has 2 N–H and O–H groups in total. The molecule has 1 heterocycles. The Morgan fingerprint density at radius 1 is 1.62 bits per heavy atom. The first-order valence-electron chi connectivity index (χ1n) is 3.73. The highest BCUT2D eigenvalue weighted by Crippen LogP contribution is 2.13. The molecule has 0 aliphatic carbocycles. The Balaban J connectivity index is 3.03. The van der Waals surface area contributed by atoms with Gasteiger partial charge in [-0.1, -0.05) is 0 Å². The minimum atomic E-state index is -2.91. The molecule has 1 rings (SSSR count).